The van der Waals surface area contributed by atoms with E-state index in [1.807, 2.05) is 5.32 Å². The smallest absolute Gasteiger partial charge is 0.413 e. The van der Waals surface area contributed by atoms with Crippen molar-refractivity contribution in [2.24, 2.45) is 0 Å². The average Bonchev–Trinajstić information content (AvgIpc) is 2.28. The number of nitro benzene ring substituents is 1. The molecule has 0 fully saturated rings. The summed E-state index contributed by atoms with van der Waals surface area (Å²) in [6.45, 7) is 0. The predicted molar refractivity (Wildman–Crippen MR) is 53.0 cm³/mol. The molecule has 0 unspecified atom stereocenters. The van der Waals surface area contributed by atoms with Gasteiger partial charge in [-0.05, 0) is 12.1 Å². The third-order valence-corrected chi connectivity index (χ3v) is 1.74. The van der Waals surface area contributed by atoms with Crippen LogP contribution in [0.2, 0.25) is 0 Å². The average molecular weight is 224 g/mol. The second-order valence-corrected chi connectivity index (χ2v) is 2.75. The SMILES string of the molecule is COC(=O)NC(=O)c1ccc([N+](=O)[O-])cc1. The molecule has 1 aromatic carbocycles. The summed E-state index contributed by atoms with van der Waals surface area (Å²) in [4.78, 5) is 31.8. The lowest BCUT2D eigenvalue weighted by Gasteiger charge is -2.01. The Bertz CT molecular complexity index is 426. The van der Waals surface area contributed by atoms with Crippen molar-refractivity contribution in [2.45, 2.75) is 0 Å². The maximum Gasteiger partial charge on any atom is 0.413 e. The van der Waals surface area contributed by atoms with Crippen LogP contribution in [0.4, 0.5) is 10.5 Å². The molecule has 0 aromatic heterocycles. The zero-order chi connectivity index (χ0) is 12.1. The van der Waals surface area contributed by atoms with Gasteiger partial charge in [-0.3, -0.25) is 20.2 Å². The van der Waals surface area contributed by atoms with Crippen molar-refractivity contribution in [2.75, 3.05) is 7.11 Å². The monoisotopic (exact) mass is 224 g/mol. The minimum atomic E-state index is -0.886. The standard InChI is InChI=1S/C9H8N2O5/c1-16-9(13)10-8(12)6-2-4-7(5-3-6)11(14)15/h2-5H,1H3,(H,10,12,13). The van der Waals surface area contributed by atoms with Crippen LogP contribution in [0.1, 0.15) is 10.4 Å². The lowest BCUT2D eigenvalue weighted by molar-refractivity contribution is -0.384. The Hall–Kier alpha value is -2.44. The quantitative estimate of drug-likeness (QED) is 0.598. The molecular formula is C9H8N2O5. The van der Waals surface area contributed by atoms with Crippen LogP contribution < -0.4 is 5.32 Å². The number of nitrogens with one attached hydrogen (secondary N) is 1. The first-order valence-corrected chi connectivity index (χ1v) is 4.18. The van der Waals surface area contributed by atoms with Gasteiger partial charge in [0.15, 0.2) is 0 Å². The third kappa shape index (κ3) is 2.77. The van der Waals surface area contributed by atoms with E-state index in [9.17, 15) is 19.7 Å². The summed E-state index contributed by atoms with van der Waals surface area (Å²) in [5.74, 6) is -0.679. The van der Waals surface area contributed by atoms with Crippen molar-refractivity contribution in [1.29, 1.82) is 0 Å². The van der Waals surface area contributed by atoms with Gasteiger partial charge in [-0.1, -0.05) is 0 Å². The highest BCUT2D eigenvalue weighted by atomic mass is 16.6. The van der Waals surface area contributed by atoms with Crippen LogP contribution in [0.25, 0.3) is 0 Å². The van der Waals surface area contributed by atoms with Gasteiger partial charge in [0, 0.05) is 17.7 Å². The number of nitrogens with zero attached hydrogens (tertiary/aromatic N) is 1. The van der Waals surface area contributed by atoms with Crippen molar-refractivity contribution in [3.05, 3.63) is 39.9 Å². The van der Waals surface area contributed by atoms with Crippen LogP contribution in [0.3, 0.4) is 0 Å². The van der Waals surface area contributed by atoms with Crippen LogP contribution in [0, 0.1) is 10.1 Å². The molecule has 0 aliphatic rings. The molecule has 16 heavy (non-hydrogen) atoms. The molecule has 0 bridgehead atoms. The predicted octanol–water partition coefficient (Wildman–Crippen LogP) is 1.09. The van der Waals surface area contributed by atoms with Crippen molar-refractivity contribution >= 4 is 17.7 Å². The number of imide groups is 1. The highest BCUT2D eigenvalue weighted by Gasteiger charge is 2.11. The fourth-order valence-electron chi connectivity index (χ4n) is 0.950. The maximum absolute atomic E-state index is 11.3. The van der Waals surface area contributed by atoms with E-state index in [0.29, 0.717) is 0 Å². The van der Waals surface area contributed by atoms with Gasteiger partial charge < -0.3 is 4.74 Å². The molecule has 0 heterocycles. The molecule has 1 aromatic rings. The van der Waals surface area contributed by atoms with E-state index in [1.165, 1.54) is 24.3 Å². The molecule has 0 saturated carbocycles. The molecule has 0 aliphatic carbocycles. The molecular weight excluding hydrogens is 216 g/mol. The largest absolute Gasteiger partial charge is 0.453 e. The Labute approximate surface area is 90.2 Å². The molecule has 1 N–H and O–H groups in total. The number of benzene rings is 1. The number of nitro groups is 1. The van der Waals surface area contributed by atoms with Gasteiger partial charge >= 0.3 is 6.09 Å². The molecule has 7 nitrogen and oxygen atoms in total. The second kappa shape index (κ2) is 4.87. The number of ether oxygens (including phenoxy) is 1. The van der Waals surface area contributed by atoms with Gasteiger partial charge in [-0.2, -0.15) is 0 Å². The van der Waals surface area contributed by atoms with Crippen LogP contribution in [-0.2, 0) is 4.74 Å². The number of non-ortho nitro benzene ring substituents is 1. The van der Waals surface area contributed by atoms with Gasteiger partial charge in [-0.25, -0.2) is 4.79 Å². The number of carbonyl (C=O) groups excluding carboxylic acids is 2. The number of amides is 2. The van der Waals surface area contributed by atoms with E-state index < -0.39 is 16.9 Å². The zero-order valence-corrected chi connectivity index (χ0v) is 8.30. The van der Waals surface area contributed by atoms with Gasteiger partial charge in [-0.15, -0.1) is 0 Å². The lowest BCUT2D eigenvalue weighted by Crippen LogP contribution is -2.30. The maximum atomic E-state index is 11.3. The van der Waals surface area contributed by atoms with Crippen molar-refractivity contribution in [1.82, 2.24) is 5.32 Å². The first kappa shape index (κ1) is 11.6. The van der Waals surface area contributed by atoms with Gasteiger partial charge in [0.1, 0.15) is 0 Å². The van der Waals surface area contributed by atoms with Gasteiger partial charge in [0.25, 0.3) is 11.6 Å². The first-order chi connectivity index (χ1) is 7.54. The van der Waals surface area contributed by atoms with Gasteiger partial charge in [0.05, 0.1) is 12.0 Å². The lowest BCUT2D eigenvalue weighted by atomic mass is 10.2. The van der Waals surface area contributed by atoms with E-state index in [-0.39, 0.29) is 11.3 Å². The second-order valence-electron chi connectivity index (χ2n) is 2.75. The van der Waals surface area contributed by atoms with Crippen molar-refractivity contribution in [3.63, 3.8) is 0 Å². The van der Waals surface area contributed by atoms with E-state index in [1.54, 1.807) is 0 Å². The molecule has 84 valence electrons. The summed E-state index contributed by atoms with van der Waals surface area (Å²) in [6, 6.07) is 4.84. The van der Waals surface area contributed by atoms with Gasteiger partial charge in [0.2, 0.25) is 0 Å². The van der Waals surface area contributed by atoms with Crippen LogP contribution in [0.5, 0.6) is 0 Å². The number of hydrogen-bond donors (Lipinski definition) is 1. The van der Waals surface area contributed by atoms with Crippen molar-refractivity contribution in [3.8, 4) is 0 Å². The minimum absolute atomic E-state index is 0.130. The fourth-order valence-corrected chi connectivity index (χ4v) is 0.950. The number of methoxy groups -OCH3 is 1. The summed E-state index contributed by atoms with van der Waals surface area (Å²) in [5.41, 5.74) is 0.00520. The summed E-state index contributed by atoms with van der Waals surface area (Å²) in [5, 5.41) is 12.3. The molecule has 7 heteroatoms. The molecule has 0 saturated heterocycles. The number of rotatable bonds is 2. The van der Waals surface area contributed by atoms with Crippen LogP contribution >= 0.6 is 0 Å². The van der Waals surface area contributed by atoms with E-state index in [4.69, 9.17) is 0 Å². The molecule has 2 amide bonds. The summed E-state index contributed by atoms with van der Waals surface area (Å²) in [7, 11) is 1.12. The van der Waals surface area contributed by atoms with Crippen LogP contribution in [0.15, 0.2) is 24.3 Å². The molecule has 0 radical (unpaired) electrons. The third-order valence-electron chi connectivity index (χ3n) is 1.74. The topological polar surface area (TPSA) is 98.5 Å². The molecule has 1 rings (SSSR count). The Morgan fingerprint density at radius 2 is 1.88 bits per heavy atom. The first-order valence-electron chi connectivity index (χ1n) is 4.18. The summed E-state index contributed by atoms with van der Waals surface area (Å²) < 4.78 is 4.23. The number of hydrogen-bond acceptors (Lipinski definition) is 5. The minimum Gasteiger partial charge on any atom is -0.453 e. The highest BCUT2D eigenvalue weighted by molar-refractivity contribution is 6.02. The normalized spacial score (nSPS) is 9.31. The van der Waals surface area contributed by atoms with E-state index in [0.717, 1.165) is 7.11 Å². The zero-order valence-electron chi connectivity index (χ0n) is 8.30. The number of alkyl carbamates (subject to hydrolysis) is 1. The fraction of sp³-hybridized carbons (Fsp3) is 0.111. The Kier molecular flexibility index (Phi) is 3.54. The van der Waals surface area contributed by atoms with E-state index in [2.05, 4.69) is 4.74 Å². The molecule has 0 spiro atoms. The molecule has 0 aliphatic heterocycles. The summed E-state index contributed by atoms with van der Waals surface area (Å²) >= 11 is 0. The number of carbonyl (C=O) groups is 2. The Morgan fingerprint density at radius 1 is 1.31 bits per heavy atom. The van der Waals surface area contributed by atoms with Crippen LogP contribution in [-0.4, -0.2) is 24.0 Å². The highest BCUT2D eigenvalue weighted by Crippen LogP contribution is 2.11. The Balaban J connectivity index is 2.78. The Morgan fingerprint density at radius 3 is 2.31 bits per heavy atom. The van der Waals surface area contributed by atoms with Crippen molar-refractivity contribution < 1.29 is 19.2 Å². The molecule has 0 atom stereocenters. The van der Waals surface area contributed by atoms with E-state index >= 15 is 0 Å². The summed E-state index contributed by atoms with van der Waals surface area (Å²) in [6.07, 6.45) is -0.886.